The van der Waals surface area contributed by atoms with Crippen molar-refractivity contribution in [3.8, 4) is 5.75 Å². The van der Waals surface area contributed by atoms with Gasteiger partial charge in [0.25, 0.3) is 0 Å². The number of phenolic OH excluding ortho intramolecular Hbond substituents is 1. The van der Waals surface area contributed by atoms with E-state index >= 15 is 0 Å². The second-order valence-corrected chi connectivity index (χ2v) is 3.78. The summed E-state index contributed by atoms with van der Waals surface area (Å²) in [4.78, 5) is 25.6. The molecule has 0 radical (unpaired) electrons. The molecule has 17 heavy (non-hydrogen) atoms. The highest BCUT2D eigenvalue weighted by Gasteiger charge is 2.13. The van der Waals surface area contributed by atoms with E-state index in [2.05, 4.69) is 4.98 Å². The van der Waals surface area contributed by atoms with E-state index in [1.165, 1.54) is 6.07 Å². The second-order valence-electron chi connectivity index (χ2n) is 3.78. The van der Waals surface area contributed by atoms with E-state index in [9.17, 15) is 14.7 Å². The molecule has 0 saturated carbocycles. The first-order valence-corrected chi connectivity index (χ1v) is 5.25. The summed E-state index contributed by atoms with van der Waals surface area (Å²) in [6, 6.07) is 3.17. The fourth-order valence-corrected chi connectivity index (χ4v) is 1.84. The van der Waals surface area contributed by atoms with Crippen molar-refractivity contribution in [1.29, 1.82) is 0 Å². The molecular formula is C12H12N2O3. The molecule has 0 atom stereocenters. The summed E-state index contributed by atoms with van der Waals surface area (Å²) >= 11 is 0. The van der Waals surface area contributed by atoms with Gasteiger partial charge in [0.1, 0.15) is 23.4 Å². The quantitative estimate of drug-likeness (QED) is 0.804. The third-order valence-electron chi connectivity index (χ3n) is 2.77. The average Bonchev–Trinajstić information content (AvgIpc) is 2.64. The van der Waals surface area contributed by atoms with E-state index in [4.69, 9.17) is 0 Å². The standard InChI is InChI=1S/C12H12N2O3/c1-14-9-4-5-10(17)8(7-16)12(9)13-11(14)3-2-6-15/h4-7,17H,2-3H2,1H3. The van der Waals surface area contributed by atoms with Gasteiger partial charge < -0.3 is 14.5 Å². The van der Waals surface area contributed by atoms with Crippen molar-refractivity contribution in [3.05, 3.63) is 23.5 Å². The molecule has 0 aliphatic rings. The minimum atomic E-state index is -0.0764. The monoisotopic (exact) mass is 232 g/mol. The fraction of sp³-hybridized carbons (Fsp3) is 0.250. The van der Waals surface area contributed by atoms with Gasteiger partial charge in [-0.3, -0.25) is 4.79 Å². The van der Waals surface area contributed by atoms with Crippen molar-refractivity contribution in [2.24, 2.45) is 7.05 Å². The van der Waals surface area contributed by atoms with E-state index in [0.29, 0.717) is 24.6 Å². The highest BCUT2D eigenvalue weighted by atomic mass is 16.3. The molecule has 0 unspecified atom stereocenters. The summed E-state index contributed by atoms with van der Waals surface area (Å²) < 4.78 is 1.82. The number of rotatable bonds is 4. The summed E-state index contributed by atoms with van der Waals surface area (Å²) in [5, 5.41) is 9.55. The Morgan fingerprint density at radius 1 is 1.41 bits per heavy atom. The number of aromatic hydroxyl groups is 1. The molecule has 5 heteroatoms. The maximum atomic E-state index is 10.9. The van der Waals surface area contributed by atoms with Gasteiger partial charge in [-0.15, -0.1) is 0 Å². The number of hydrogen-bond donors (Lipinski definition) is 1. The average molecular weight is 232 g/mol. The van der Waals surface area contributed by atoms with Crippen molar-refractivity contribution in [2.45, 2.75) is 12.8 Å². The molecule has 1 heterocycles. The third kappa shape index (κ3) is 1.80. The lowest BCUT2D eigenvalue weighted by Gasteiger charge is -2.00. The van der Waals surface area contributed by atoms with Crippen LogP contribution < -0.4 is 0 Å². The smallest absolute Gasteiger partial charge is 0.156 e. The van der Waals surface area contributed by atoms with Crippen LogP contribution in [0.4, 0.5) is 0 Å². The Morgan fingerprint density at radius 3 is 2.82 bits per heavy atom. The summed E-state index contributed by atoms with van der Waals surface area (Å²) in [5.41, 5.74) is 1.43. The fourth-order valence-electron chi connectivity index (χ4n) is 1.84. The maximum absolute atomic E-state index is 10.9. The van der Waals surface area contributed by atoms with Crippen LogP contribution in [0.2, 0.25) is 0 Å². The summed E-state index contributed by atoms with van der Waals surface area (Å²) in [5.74, 6) is 0.647. The Balaban J connectivity index is 2.63. The number of hydrogen-bond acceptors (Lipinski definition) is 4. The summed E-state index contributed by atoms with van der Waals surface area (Å²) in [6.45, 7) is 0. The van der Waals surface area contributed by atoms with E-state index in [0.717, 1.165) is 17.6 Å². The summed E-state index contributed by atoms with van der Waals surface area (Å²) in [7, 11) is 1.82. The van der Waals surface area contributed by atoms with E-state index in [-0.39, 0.29) is 11.3 Å². The van der Waals surface area contributed by atoms with Crippen LogP contribution in [0.3, 0.4) is 0 Å². The van der Waals surface area contributed by atoms with Crippen LogP contribution in [0.25, 0.3) is 11.0 Å². The molecule has 1 aromatic heterocycles. The summed E-state index contributed by atoms with van der Waals surface area (Å²) in [6.07, 6.45) is 2.33. The normalized spacial score (nSPS) is 10.6. The first-order valence-electron chi connectivity index (χ1n) is 5.25. The van der Waals surface area contributed by atoms with Crippen molar-refractivity contribution in [3.63, 3.8) is 0 Å². The van der Waals surface area contributed by atoms with Gasteiger partial charge in [0.05, 0.1) is 11.1 Å². The van der Waals surface area contributed by atoms with Crippen LogP contribution in [-0.4, -0.2) is 27.2 Å². The number of carbonyl (C=O) groups excluding carboxylic acids is 2. The Labute approximate surface area is 97.7 Å². The Bertz CT molecular complexity index is 587. The lowest BCUT2D eigenvalue weighted by Crippen LogP contribution is -1.97. The molecular weight excluding hydrogens is 220 g/mol. The second kappa shape index (κ2) is 4.37. The first kappa shape index (κ1) is 11.3. The topological polar surface area (TPSA) is 72.2 Å². The SMILES string of the molecule is Cn1c(CCC=O)nc2c(C=O)c(O)ccc21. The van der Waals surface area contributed by atoms with Crippen molar-refractivity contribution >= 4 is 23.6 Å². The van der Waals surface area contributed by atoms with Crippen LogP contribution in [0.1, 0.15) is 22.6 Å². The molecule has 0 aliphatic heterocycles. The Kier molecular flexibility index (Phi) is 2.91. The molecule has 0 aliphatic carbocycles. The molecule has 5 nitrogen and oxygen atoms in total. The maximum Gasteiger partial charge on any atom is 0.156 e. The van der Waals surface area contributed by atoms with Crippen molar-refractivity contribution in [1.82, 2.24) is 9.55 Å². The molecule has 88 valence electrons. The molecule has 1 N–H and O–H groups in total. The highest BCUT2D eigenvalue weighted by molar-refractivity contribution is 5.97. The zero-order valence-corrected chi connectivity index (χ0v) is 9.38. The third-order valence-corrected chi connectivity index (χ3v) is 2.77. The number of aldehydes is 2. The van der Waals surface area contributed by atoms with Gasteiger partial charge in [0.2, 0.25) is 0 Å². The molecule has 0 fully saturated rings. The van der Waals surface area contributed by atoms with Crippen molar-refractivity contribution < 1.29 is 14.7 Å². The molecule has 1 aromatic carbocycles. The molecule has 0 amide bonds. The van der Waals surface area contributed by atoms with Crippen LogP contribution in [0, 0.1) is 0 Å². The van der Waals surface area contributed by atoms with E-state index in [1.807, 2.05) is 11.6 Å². The Morgan fingerprint density at radius 2 is 2.18 bits per heavy atom. The van der Waals surface area contributed by atoms with Gasteiger partial charge in [-0.1, -0.05) is 0 Å². The minimum absolute atomic E-state index is 0.0764. The van der Waals surface area contributed by atoms with Crippen LogP contribution in [0.15, 0.2) is 12.1 Å². The number of carbonyl (C=O) groups is 2. The van der Waals surface area contributed by atoms with Gasteiger partial charge in [-0.25, -0.2) is 4.98 Å². The molecule has 0 bridgehead atoms. The van der Waals surface area contributed by atoms with Gasteiger partial charge >= 0.3 is 0 Å². The lowest BCUT2D eigenvalue weighted by atomic mass is 10.2. The van der Waals surface area contributed by atoms with Gasteiger partial charge in [0, 0.05) is 19.9 Å². The van der Waals surface area contributed by atoms with Crippen LogP contribution in [0.5, 0.6) is 5.75 Å². The number of aromatic nitrogens is 2. The number of imidazole rings is 1. The van der Waals surface area contributed by atoms with Crippen LogP contribution >= 0.6 is 0 Å². The molecule has 0 spiro atoms. The van der Waals surface area contributed by atoms with Crippen LogP contribution in [-0.2, 0) is 18.3 Å². The zero-order valence-electron chi connectivity index (χ0n) is 9.38. The predicted octanol–water partition coefficient (Wildman–Crippen LogP) is 1.22. The van der Waals surface area contributed by atoms with Crippen molar-refractivity contribution in [2.75, 3.05) is 0 Å². The van der Waals surface area contributed by atoms with Gasteiger partial charge in [0.15, 0.2) is 6.29 Å². The number of fused-ring (bicyclic) bond motifs is 1. The molecule has 2 aromatic rings. The van der Waals surface area contributed by atoms with Gasteiger partial charge in [-0.2, -0.15) is 0 Å². The number of phenols is 1. The number of benzene rings is 1. The predicted molar refractivity (Wildman–Crippen MR) is 62.2 cm³/mol. The number of aryl methyl sites for hydroxylation is 2. The van der Waals surface area contributed by atoms with E-state index in [1.54, 1.807) is 6.07 Å². The largest absolute Gasteiger partial charge is 0.507 e. The Hall–Kier alpha value is -2.17. The van der Waals surface area contributed by atoms with Gasteiger partial charge in [-0.05, 0) is 12.1 Å². The highest BCUT2D eigenvalue weighted by Crippen LogP contribution is 2.25. The molecule has 2 rings (SSSR count). The zero-order chi connectivity index (χ0) is 12.4. The lowest BCUT2D eigenvalue weighted by molar-refractivity contribution is -0.107. The molecule has 0 saturated heterocycles. The van der Waals surface area contributed by atoms with E-state index < -0.39 is 0 Å². The minimum Gasteiger partial charge on any atom is -0.507 e. The first-order chi connectivity index (χ1) is 8.19. The number of nitrogens with zero attached hydrogens (tertiary/aromatic N) is 2.